The summed E-state index contributed by atoms with van der Waals surface area (Å²) in [6.07, 6.45) is 3.00. The number of carbonyl (C=O) groups is 1. The van der Waals surface area contributed by atoms with Gasteiger partial charge < -0.3 is 10.3 Å². The van der Waals surface area contributed by atoms with Crippen molar-refractivity contribution in [2.45, 2.75) is 6.92 Å². The first-order chi connectivity index (χ1) is 8.10. The molecule has 1 atom stereocenters. The second-order valence-electron chi connectivity index (χ2n) is 3.78. The van der Waals surface area contributed by atoms with Gasteiger partial charge in [0.2, 0.25) is 0 Å². The van der Waals surface area contributed by atoms with Gasteiger partial charge >= 0.3 is 0 Å². The van der Waals surface area contributed by atoms with Gasteiger partial charge in [-0.05, 0) is 13.0 Å². The molecule has 0 radical (unpaired) electrons. The van der Waals surface area contributed by atoms with Crippen LogP contribution in [0.2, 0.25) is 0 Å². The highest BCUT2D eigenvalue weighted by atomic mass is 16.2. The lowest BCUT2D eigenvalue weighted by Gasteiger charge is -2.19. The van der Waals surface area contributed by atoms with E-state index in [1.165, 1.54) is 17.3 Å². The van der Waals surface area contributed by atoms with Crippen LogP contribution in [0, 0.1) is 17.2 Å². The number of hydrazine groups is 1. The van der Waals surface area contributed by atoms with Gasteiger partial charge in [-0.15, -0.1) is 0 Å². The quantitative estimate of drug-likeness (QED) is 0.586. The third kappa shape index (κ3) is 3.16. The second-order valence-corrected chi connectivity index (χ2v) is 3.78. The van der Waals surface area contributed by atoms with E-state index in [0.717, 1.165) is 0 Å². The maximum atomic E-state index is 12.1. The number of carbonyl (C=O) groups excluding carboxylic acids is 1. The van der Waals surface area contributed by atoms with Crippen LogP contribution >= 0.6 is 0 Å². The van der Waals surface area contributed by atoms with Crippen molar-refractivity contribution in [3.63, 3.8) is 0 Å². The number of rotatable bonds is 4. The summed E-state index contributed by atoms with van der Waals surface area (Å²) in [6.45, 7) is 2.14. The molecule has 17 heavy (non-hydrogen) atoms. The van der Waals surface area contributed by atoms with Crippen molar-refractivity contribution in [1.29, 1.82) is 5.26 Å². The van der Waals surface area contributed by atoms with Crippen molar-refractivity contribution in [1.82, 2.24) is 9.88 Å². The molecule has 6 nitrogen and oxygen atoms in total. The van der Waals surface area contributed by atoms with Crippen LogP contribution in [0.15, 0.2) is 18.5 Å². The first kappa shape index (κ1) is 12.9. The Labute approximate surface area is 100 Å². The molecule has 0 fully saturated rings. The average Bonchev–Trinajstić information content (AvgIpc) is 2.37. The van der Waals surface area contributed by atoms with Crippen molar-refractivity contribution in [3.05, 3.63) is 24.0 Å². The van der Waals surface area contributed by atoms with E-state index in [4.69, 9.17) is 11.1 Å². The fourth-order valence-electron chi connectivity index (χ4n) is 1.44. The molecular weight excluding hydrogens is 218 g/mol. The number of aromatic nitrogens is 1. The van der Waals surface area contributed by atoms with Gasteiger partial charge in [-0.25, -0.2) is 0 Å². The third-order valence-electron chi connectivity index (χ3n) is 2.32. The van der Waals surface area contributed by atoms with Crippen LogP contribution in [0.4, 0.5) is 5.69 Å². The number of nitrogen functional groups attached to an aromatic ring is 1. The van der Waals surface area contributed by atoms with E-state index in [-0.39, 0.29) is 11.8 Å². The number of anilines is 1. The van der Waals surface area contributed by atoms with Gasteiger partial charge in [0.15, 0.2) is 0 Å². The summed E-state index contributed by atoms with van der Waals surface area (Å²) in [5.41, 5.74) is 3.33. The number of pyridine rings is 1. The van der Waals surface area contributed by atoms with E-state index in [1.54, 1.807) is 20.0 Å². The van der Waals surface area contributed by atoms with Gasteiger partial charge in [-0.1, -0.05) is 0 Å². The van der Waals surface area contributed by atoms with Gasteiger partial charge in [-0.3, -0.25) is 15.6 Å². The molecule has 1 heterocycles. The second kappa shape index (κ2) is 5.82. The topological polar surface area (TPSA) is 95.0 Å². The van der Waals surface area contributed by atoms with Crippen LogP contribution in [0.3, 0.4) is 0 Å². The fraction of sp³-hybridized carbons (Fsp3) is 0.364. The molecule has 1 rings (SSSR count). The molecule has 3 N–H and O–H groups in total. The minimum atomic E-state index is -0.208. The summed E-state index contributed by atoms with van der Waals surface area (Å²) in [6, 6.07) is 3.67. The molecule has 0 saturated heterocycles. The van der Waals surface area contributed by atoms with Crippen molar-refractivity contribution in [2.75, 3.05) is 19.0 Å². The lowest BCUT2D eigenvalue weighted by atomic mass is 10.1. The maximum absolute atomic E-state index is 12.1. The number of nitrogens with two attached hydrogens (primary N) is 1. The van der Waals surface area contributed by atoms with E-state index in [2.05, 4.69) is 16.5 Å². The molecule has 0 spiro atoms. The van der Waals surface area contributed by atoms with Crippen molar-refractivity contribution < 1.29 is 4.79 Å². The summed E-state index contributed by atoms with van der Waals surface area (Å²) in [7, 11) is 1.65. The molecule has 1 unspecified atom stereocenters. The predicted octanol–water partition coefficient (Wildman–Crippen LogP) is 0.599. The molecular formula is C11H15N5O. The van der Waals surface area contributed by atoms with E-state index in [9.17, 15) is 4.79 Å². The molecule has 6 heteroatoms. The molecule has 1 amide bonds. The molecule has 0 aliphatic carbocycles. The number of nitrogens with one attached hydrogen (secondary N) is 1. The molecule has 1 aromatic rings. The van der Waals surface area contributed by atoms with Crippen LogP contribution in [0.5, 0.6) is 0 Å². The number of hydrogen-bond acceptors (Lipinski definition) is 5. The first-order valence-corrected chi connectivity index (χ1v) is 5.15. The standard InChI is InChI=1S/C11H15N5O/c1-8(5-12)7-16(2)11(17)9-3-4-14-6-10(9)15-13/h3-4,6,8,15H,7,13H2,1-2H3. The summed E-state index contributed by atoms with van der Waals surface area (Å²) >= 11 is 0. The normalized spacial score (nSPS) is 11.4. The monoisotopic (exact) mass is 233 g/mol. The van der Waals surface area contributed by atoms with Crippen LogP contribution in [0.25, 0.3) is 0 Å². The number of nitrogens with zero attached hydrogens (tertiary/aromatic N) is 3. The maximum Gasteiger partial charge on any atom is 0.255 e. The highest BCUT2D eigenvalue weighted by Gasteiger charge is 2.17. The van der Waals surface area contributed by atoms with Crippen molar-refractivity contribution in [2.24, 2.45) is 11.8 Å². The SMILES string of the molecule is CC(C#N)CN(C)C(=O)c1ccncc1NN. The summed E-state index contributed by atoms with van der Waals surface area (Å²) < 4.78 is 0. The highest BCUT2D eigenvalue weighted by Crippen LogP contribution is 2.14. The highest BCUT2D eigenvalue weighted by molar-refractivity contribution is 5.99. The number of nitriles is 1. The van der Waals surface area contributed by atoms with E-state index in [1.807, 2.05) is 0 Å². The van der Waals surface area contributed by atoms with Gasteiger partial charge in [0.25, 0.3) is 5.91 Å². The van der Waals surface area contributed by atoms with Crippen LogP contribution < -0.4 is 11.3 Å². The Balaban J connectivity index is 2.86. The van der Waals surface area contributed by atoms with Gasteiger partial charge in [0.1, 0.15) is 0 Å². The Kier molecular flexibility index (Phi) is 4.43. The third-order valence-corrected chi connectivity index (χ3v) is 2.32. The summed E-state index contributed by atoms with van der Waals surface area (Å²) in [5, 5.41) is 8.71. The Morgan fingerprint density at radius 3 is 3.06 bits per heavy atom. The van der Waals surface area contributed by atoms with Gasteiger partial charge in [0, 0.05) is 19.8 Å². The van der Waals surface area contributed by atoms with E-state index >= 15 is 0 Å². The predicted molar refractivity (Wildman–Crippen MR) is 63.8 cm³/mol. The van der Waals surface area contributed by atoms with Crippen molar-refractivity contribution >= 4 is 11.6 Å². The first-order valence-electron chi connectivity index (χ1n) is 5.15. The average molecular weight is 233 g/mol. The van der Waals surface area contributed by atoms with Gasteiger partial charge in [0.05, 0.1) is 29.4 Å². The minimum absolute atomic E-state index is 0.192. The molecule has 0 bridgehead atoms. The molecule has 1 aromatic heterocycles. The van der Waals surface area contributed by atoms with E-state index < -0.39 is 0 Å². The fourth-order valence-corrected chi connectivity index (χ4v) is 1.44. The largest absolute Gasteiger partial charge is 0.340 e. The van der Waals surface area contributed by atoms with E-state index in [0.29, 0.717) is 17.8 Å². The number of hydrogen-bond donors (Lipinski definition) is 2. The molecule has 0 aliphatic rings. The van der Waals surface area contributed by atoms with Crippen molar-refractivity contribution in [3.8, 4) is 6.07 Å². The lowest BCUT2D eigenvalue weighted by Crippen LogP contribution is -2.31. The lowest BCUT2D eigenvalue weighted by molar-refractivity contribution is 0.0786. The molecule has 0 aromatic carbocycles. The molecule has 90 valence electrons. The van der Waals surface area contributed by atoms with Crippen LogP contribution in [-0.2, 0) is 0 Å². The Hall–Kier alpha value is -2.13. The smallest absolute Gasteiger partial charge is 0.255 e. The summed E-state index contributed by atoms with van der Waals surface area (Å²) in [5.74, 6) is 4.90. The Morgan fingerprint density at radius 1 is 1.76 bits per heavy atom. The van der Waals surface area contributed by atoms with Gasteiger partial charge in [-0.2, -0.15) is 5.26 Å². The zero-order valence-electron chi connectivity index (χ0n) is 9.84. The zero-order chi connectivity index (χ0) is 12.8. The number of amides is 1. The summed E-state index contributed by atoms with van der Waals surface area (Å²) in [4.78, 5) is 17.4. The minimum Gasteiger partial charge on any atom is -0.340 e. The van der Waals surface area contributed by atoms with Crippen LogP contribution in [-0.4, -0.2) is 29.4 Å². The molecule has 0 aliphatic heterocycles. The Bertz CT molecular complexity index is 440. The zero-order valence-corrected chi connectivity index (χ0v) is 9.84. The molecule has 0 saturated carbocycles. The van der Waals surface area contributed by atoms with Crippen LogP contribution in [0.1, 0.15) is 17.3 Å². The Morgan fingerprint density at radius 2 is 2.47 bits per heavy atom.